The van der Waals surface area contributed by atoms with E-state index in [1.807, 2.05) is 13.8 Å². The van der Waals surface area contributed by atoms with E-state index >= 15 is 0 Å². The first-order chi connectivity index (χ1) is 8.02. The molecule has 0 aromatic heterocycles. The van der Waals surface area contributed by atoms with Gasteiger partial charge in [-0.1, -0.05) is 13.8 Å². The second kappa shape index (κ2) is 8.95. The van der Waals surface area contributed by atoms with Crippen LogP contribution in [0.15, 0.2) is 0 Å². The Balaban J connectivity index is 3.45. The van der Waals surface area contributed by atoms with Gasteiger partial charge in [-0.25, -0.2) is 4.79 Å². The third-order valence-corrected chi connectivity index (χ3v) is 1.82. The molecule has 1 amide bonds. The number of methoxy groups -OCH3 is 1. The Bertz CT molecular complexity index is 230. The lowest BCUT2D eigenvalue weighted by atomic mass is 9.96. The van der Waals surface area contributed by atoms with Crippen LogP contribution < -0.4 is 5.32 Å². The first-order valence-corrected chi connectivity index (χ1v) is 5.43. The molecule has 0 bridgehead atoms. The summed E-state index contributed by atoms with van der Waals surface area (Å²) in [6.07, 6.45) is -0.0257. The van der Waals surface area contributed by atoms with E-state index in [1.165, 1.54) is 0 Å². The van der Waals surface area contributed by atoms with Crippen molar-refractivity contribution in [1.82, 2.24) is 5.32 Å². The number of alkyl carbamates (subject to hydrolysis) is 1. The van der Waals surface area contributed by atoms with Crippen LogP contribution >= 0.6 is 0 Å². The molecule has 0 unspecified atom stereocenters. The second-order valence-corrected chi connectivity index (χ2v) is 4.33. The molecule has 0 saturated carbocycles. The summed E-state index contributed by atoms with van der Waals surface area (Å²) in [6, 6.07) is 0. The highest BCUT2D eigenvalue weighted by Crippen LogP contribution is 2.14. The Labute approximate surface area is 102 Å². The SMILES string of the molecule is COCC(C)(C)COCCOC(=O)NCC=O. The third-order valence-electron chi connectivity index (χ3n) is 1.82. The third kappa shape index (κ3) is 9.77. The number of amides is 1. The molecule has 0 radical (unpaired) electrons. The van der Waals surface area contributed by atoms with Crippen molar-refractivity contribution in [3.05, 3.63) is 0 Å². The van der Waals surface area contributed by atoms with E-state index in [-0.39, 0.29) is 18.6 Å². The lowest BCUT2D eigenvalue weighted by molar-refractivity contribution is -0.107. The van der Waals surface area contributed by atoms with Crippen molar-refractivity contribution in [2.24, 2.45) is 5.41 Å². The highest BCUT2D eigenvalue weighted by Gasteiger charge is 2.17. The van der Waals surface area contributed by atoms with Crippen LogP contribution in [0.3, 0.4) is 0 Å². The van der Waals surface area contributed by atoms with Gasteiger partial charge in [0.25, 0.3) is 0 Å². The Morgan fingerprint density at radius 1 is 1.29 bits per heavy atom. The molecular formula is C11H21NO5. The van der Waals surface area contributed by atoms with Crippen LogP contribution in [0.1, 0.15) is 13.8 Å². The van der Waals surface area contributed by atoms with Gasteiger partial charge in [-0.05, 0) is 0 Å². The Kier molecular flexibility index (Phi) is 8.35. The summed E-state index contributed by atoms with van der Waals surface area (Å²) in [4.78, 5) is 20.8. The van der Waals surface area contributed by atoms with Crippen LogP contribution in [0, 0.1) is 5.41 Å². The highest BCUT2D eigenvalue weighted by atomic mass is 16.6. The van der Waals surface area contributed by atoms with Crippen LogP contribution in [-0.2, 0) is 19.0 Å². The number of carbonyl (C=O) groups is 2. The van der Waals surface area contributed by atoms with Crippen molar-refractivity contribution in [3.8, 4) is 0 Å². The van der Waals surface area contributed by atoms with Crippen molar-refractivity contribution >= 4 is 12.4 Å². The minimum absolute atomic E-state index is 0.0411. The predicted octanol–water partition coefficient (Wildman–Crippen LogP) is 0.601. The number of ether oxygens (including phenoxy) is 3. The van der Waals surface area contributed by atoms with E-state index in [0.717, 1.165) is 0 Å². The molecule has 0 saturated heterocycles. The summed E-state index contributed by atoms with van der Waals surface area (Å²) in [7, 11) is 1.64. The summed E-state index contributed by atoms with van der Waals surface area (Å²) >= 11 is 0. The normalized spacial score (nSPS) is 11.0. The highest BCUT2D eigenvalue weighted by molar-refractivity contribution is 5.70. The quantitative estimate of drug-likeness (QED) is 0.477. The zero-order chi connectivity index (χ0) is 13.1. The fourth-order valence-corrected chi connectivity index (χ4v) is 1.15. The number of rotatable bonds is 9. The van der Waals surface area contributed by atoms with Gasteiger partial charge in [0.15, 0.2) is 0 Å². The molecule has 0 atom stereocenters. The maximum atomic E-state index is 10.9. The minimum atomic E-state index is -0.614. The molecule has 0 aliphatic rings. The number of hydrogen-bond acceptors (Lipinski definition) is 5. The van der Waals surface area contributed by atoms with Gasteiger partial charge in [-0.3, -0.25) is 0 Å². The molecule has 1 N–H and O–H groups in total. The van der Waals surface area contributed by atoms with Gasteiger partial charge in [0.05, 0.1) is 26.4 Å². The number of nitrogens with one attached hydrogen (secondary N) is 1. The van der Waals surface area contributed by atoms with Crippen LogP contribution in [0.2, 0.25) is 0 Å². The van der Waals surface area contributed by atoms with Crippen molar-refractivity contribution in [2.45, 2.75) is 13.8 Å². The van der Waals surface area contributed by atoms with Gasteiger partial charge in [-0.2, -0.15) is 0 Å². The monoisotopic (exact) mass is 247 g/mol. The van der Waals surface area contributed by atoms with E-state index < -0.39 is 6.09 Å². The van der Waals surface area contributed by atoms with Crippen LogP contribution in [0.5, 0.6) is 0 Å². The van der Waals surface area contributed by atoms with E-state index in [1.54, 1.807) is 7.11 Å². The van der Waals surface area contributed by atoms with Crippen LogP contribution in [0.4, 0.5) is 4.79 Å². The lowest BCUT2D eigenvalue weighted by Crippen LogP contribution is -2.28. The number of aldehydes is 1. The molecule has 0 aromatic carbocycles. The summed E-state index contributed by atoms with van der Waals surface area (Å²) in [5.74, 6) is 0. The molecule has 6 heteroatoms. The smallest absolute Gasteiger partial charge is 0.407 e. The number of carbonyl (C=O) groups excluding carboxylic acids is 2. The Hall–Kier alpha value is -1.14. The predicted molar refractivity (Wildman–Crippen MR) is 61.9 cm³/mol. The van der Waals surface area contributed by atoms with Crippen molar-refractivity contribution < 1.29 is 23.8 Å². The molecule has 0 aromatic rings. The average molecular weight is 247 g/mol. The second-order valence-electron chi connectivity index (χ2n) is 4.33. The molecule has 0 spiro atoms. The molecule has 17 heavy (non-hydrogen) atoms. The van der Waals surface area contributed by atoms with E-state index in [0.29, 0.717) is 26.1 Å². The number of hydrogen-bond donors (Lipinski definition) is 1. The van der Waals surface area contributed by atoms with Crippen molar-refractivity contribution in [2.75, 3.05) is 40.1 Å². The molecule has 6 nitrogen and oxygen atoms in total. The standard InChI is InChI=1S/C11H21NO5/c1-11(2,8-15-3)9-16-6-7-17-10(14)12-4-5-13/h5H,4,6-9H2,1-3H3,(H,12,14). The molecule has 100 valence electrons. The fraction of sp³-hybridized carbons (Fsp3) is 0.818. The van der Waals surface area contributed by atoms with Crippen LogP contribution in [-0.4, -0.2) is 52.5 Å². The molecule has 0 aliphatic carbocycles. The van der Waals surface area contributed by atoms with Gasteiger partial charge in [0.2, 0.25) is 0 Å². The zero-order valence-corrected chi connectivity index (χ0v) is 10.7. The van der Waals surface area contributed by atoms with Gasteiger partial charge in [-0.15, -0.1) is 0 Å². The summed E-state index contributed by atoms with van der Waals surface area (Å²) in [5.41, 5.74) is -0.0610. The topological polar surface area (TPSA) is 73.9 Å². The van der Waals surface area contributed by atoms with Gasteiger partial charge >= 0.3 is 6.09 Å². The van der Waals surface area contributed by atoms with E-state index in [2.05, 4.69) is 5.32 Å². The zero-order valence-electron chi connectivity index (χ0n) is 10.7. The van der Waals surface area contributed by atoms with Crippen molar-refractivity contribution in [3.63, 3.8) is 0 Å². The first-order valence-electron chi connectivity index (χ1n) is 5.43. The van der Waals surface area contributed by atoms with E-state index in [4.69, 9.17) is 14.2 Å². The van der Waals surface area contributed by atoms with Gasteiger partial charge < -0.3 is 24.3 Å². The van der Waals surface area contributed by atoms with Gasteiger partial charge in [0, 0.05) is 12.5 Å². The lowest BCUT2D eigenvalue weighted by Gasteiger charge is -2.23. The maximum absolute atomic E-state index is 10.9. The molecule has 0 fully saturated rings. The Morgan fingerprint density at radius 2 is 2.00 bits per heavy atom. The van der Waals surface area contributed by atoms with Crippen LogP contribution in [0.25, 0.3) is 0 Å². The van der Waals surface area contributed by atoms with E-state index in [9.17, 15) is 9.59 Å². The summed E-state index contributed by atoms with van der Waals surface area (Å²) in [6.45, 7) is 5.62. The first kappa shape index (κ1) is 15.9. The maximum Gasteiger partial charge on any atom is 0.407 e. The molecule has 0 aliphatic heterocycles. The minimum Gasteiger partial charge on any atom is -0.447 e. The summed E-state index contributed by atoms with van der Waals surface area (Å²) < 4.78 is 15.1. The largest absolute Gasteiger partial charge is 0.447 e. The molecule has 0 rings (SSSR count). The average Bonchev–Trinajstić information content (AvgIpc) is 2.25. The van der Waals surface area contributed by atoms with Gasteiger partial charge in [0.1, 0.15) is 12.9 Å². The van der Waals surface area contributed by atoms with Crippen molar-refractivity contribution in [1.29, 1.82) is 0 Å². The molecular weight excluding hydrogens is 226 g/mol. The fourth-order valence-electron chi connectivity index (χ4n) is 1.15. The molecule has 0 heterocycles. The Morgan fingerprint density at radius 3 is 2.59 bits per heavy atom. The summed E-state index contributed by atoms with van der Waals surface area (Å²) in [5, 5.41) is 2.26.